The Labute approximate surface area is 174 Å². The standard InChI is InChI=1S/C20H19N5O4S/c1-11-18(15-4-3-7-30-15)22-25-19(11)21-14-10-24(9-13(14)20(25)27)17(26)6-5-12-8-16(28-2)23-29-12/h3-4,7-8,22H,5-6,9-10H2,1-2H3. The summed E-state index contributed by atoms with van der Waals surface area (Å²) in [5.74, 6) is 0.906. The number of aromatic amines is 1. The number of aromatic nitrogens is 4. The van der Waals surface area contributed by atoms with Crippen LogP contribution in [0.5, 0.6) is 5.88 Å². The molecule has 0 atom stereocenters. The van der Waals surface area contributed by atoms with Crippen LogP contribution >= 0.6 is 11.3 Å². The summed E-state index contributed by atoms with van der Waals surface area (Å²) in [6.45, 7) is 2.54. The van der Waals surface area contributed by atoms with Crippen LogP contribution in [0.4, 0.5) is 0 Å². The van der Waals surface area contributed by atoms with Crippen molar-refractivity contribution < 1.29 is 14.1 Å². The van der Waals surface area contributed by atoms with Gasteiger partial charge >= 0.3 is 0 Å². The van der Waals surface area contributed by atoms with Gasteiger partial charge in [0.05, 0.1) is 42.0 Å². The fourth-order valence-electron chi connectivity index (χ4n) is 3.71. The van der Waals surface area contributed by atoms with E-state index in [1.807, 2.05) is 24.4 Å². The monoisotopic (exact) mass is 425 g/mol. The molecule has 1 N–H and O–H groups in total. The molecule has 1 amide bonds. The molecule has 0 aromatic carbocycles. The SMILES string of the molecule is COc1cc(CCC(=O)N2Cc3nc4c(C)c(-c5cccs5)[nH]n4c(=O)c3C2)on1. The third-order valence-corrected chi connectivity index (χ3v) is 6.23. The molecule has 0 saturated heterocycles. The van der Waals surface area contributed by atoms with Crippen LogP contribution in [0.2, 0.25) is 0 Å². The summed E-state index contributed by atoms with van der Waals surface area (Å²) in [5.41, 5.74) is 3.48. The van der Waals surface area contributed by atoms with E-state index in [1.165, 1.54) is 11.6 Å². The number of fused-ring (bicyclic) bond motifs is 2. The number of amides is 1. The van der Waals surface area contributed by atoms with E-state index in [0.717, 1.165) is 16.1 Å². The van der Waals surface area contributed by atoms with Crippen LogP contribution in [0.3, 0.4) is 0 Å². The molecule has 4 aromatic rings. The van der Waals surface area contributed by atoms with E-state index < -0.39 is 0 Å². The number of aryl methyl sites for hydroxylation is 2. The molecule has 9 nitrogen and oxygen atoms in total. The Morgan fingerprint density at radius 3 is 3.00 bits per heavy atom. The lowest BCUT2D eigenvalue weighted by Crippen LogP contribution is -2.26. The van der Waals surface area contributed by atoms with Crippen molar-refractivity contribution in [2.45, 2.75) is 32.9 Å². The minimum absolute atomic E-state index is 0.0626. The largest absolute Gasteiger partial charge is 0.479 e. The lowest BCUT2D eigenvalue weighted by molar-refractivity contribution is -0.131. The van der Waals surface area contributed by atoms with Crippen molar-refractivity contribution in [2.75, 3.05) is 7.11 Å². The Kier molecular flexibility index (Phi) is 4.43. The topological polar surface area (TPSA) is 106 Å². The molecular weight excluding hydrogens is 406 g/mol. The van der Waals surface area contributed by atoms with Crippen LogP contribution in [0.1, 0.15) is 29.0 Å². The van der Waals surface area contributed by atoms with Gasteiger partial charge in [-0.25, -0.2) is 9.50 Å². The molecule has 1 aliphatic heterocycles. The van der Waals surface area contributed by atoms with Gasteiger partial charge in [-0.05, 0) is 23.5 Å². The number of carbonyl (C=O) groups excluding carboxylic acids is 1. The Hall–Kier alpha value is -3.40. The van der Waals surface area contributed by atoms with Crippen LogP contribution < -0.4 is 10.3 Å². The average Bonchev–Trinajstić information content (AvgIpc) is 3.53. The summed E-state index contributed by atoms with van der Waals surface area (Å²) in [6.07, 6.45) is 0.672. The quantitative estimate of drug-likeness (QED) is 0.527. The molecule has 0 aliphatic carbocycles. The van der Waals surface area contributed by atoms with Gasteiger partial charge in [0.2, 0.25) is 5.91 Å². The number of nitrogens with one attached hydrogen (secondary N) is 1. The molecular formula is C20H19N5O4S. The zero-order chi connectivity index (χ0) is 20.8. The van der Waals surface area contributed by atoms with Crippen molar-refractivity contribution in [1.82, 2.24) is 24.7 Å². The average molecular weight is 425 g/mol. The molecule has 0 saturated carbocycles. The van der Waals surface area contributed by atoms with Gasteiger partial charge in [0.25, 0.3) is 11.4 Å². The van der Waals surface area contributed by atoms with E-state index in [4.69, 9.17) is 14.2 Å². The van der Waals surface area contributed by atoms with Gasteiger partial charge in [0, 0.05) is 24.5 Å². The van der Waals surface area contributed by atoms with Crippen LogP contribution in [0.25, 0.3) is 16.2 Å². The number of methoxy groups -OCH3 is 1. The lowest BCUT2D eigenvalue weighted by atomic mass is 10.2. The number of nitrogens with zero attached hydrogens (tertiary/aromatic N) is 4. The molecule has 30 heavy (non-hydrogen) atoms. The van der Waals surface area contributed by atoms with Crippen molar-refractivity contribution in [3.8, 4) is 16.5 Å². The van der Waals surface area contributed by atoms with Gasteiger partial charge < -0.3 is 14.2 Å². The second kappa shape index (κ2) is 7.13. The van der Waals surface area contributed by atoms with Crippen molar-refractivity contribution in [1.29, 1.82) is 0 Å². The van der Waals surface area contributed by atoms with E-state index >= 15 is 0 Å². The first-order valence-corrected chi connectivity index (χ1v) is 10.4. The van der Waals surface area contributed by atoms with Crippen molar-refractivity contribution >= 4 is 22.9 Å². The zero-order valence-electron chi connectivity index (χ0n) is 16.5. The molecule has 0 radical (unpaired) electrons. The minimum Gasteiger partial charge on any atom is -0.479 e. The number of ether oxygens (including phenoxy) is 1. The first-order chi connectivity index (χ1) is 14.5. The number of H-pyrrole nitrogens is 1. The van der Waals surface area contributed by atoms with Crippen LogP contribution in [0.15, 0.2) is 32.9 Å². The Bertz CT molecular complexity index is 1300. The maximum Gasteiger partial charge on any atom is 0.278 e. The highest BCUT2D eigenvalue weighted by molar-refractivity contribution is 7.13. The summed E-state index contributed by atoms with van der Waals surface area (Å²) >= 11 is 1.60. The highest BCUT2D eigenvalue weighted by Gasteiger charge is 2.29. The summed E-state index contributed by atoms with van der Waals surface area (Å²) < 4.78 is 11.6. The zero-order valence-corrected chi connectivity index (χ0v) is 17.3. The molecule has 0 unspecified atom stereocenters. The second-order valence-corrected chi connectivity index (χ2v) is 8.12. The van der Waals surface area contributed by atoms with E-state index in [2.05, 4.69) is 10.3 Å². The van der Waals surface area contributed by atoms with Gasteiger partial charge in [-0.3, -0.25) is 14.7 Å². The van der Waals surface area contributed by atoms with E-state index in [9.17, 15) is 9.59 Å². The van der Waals surface area contributed by atoms with E-state index in [0.29, 0.717) is 41.5 Å². The molecule has 0 bridgehead atoms. The molecule has 5 rings (SSSR count). The van der Waals surface area contributed by atoms with Gasteiger partial charge in [0.1, 0.15) is 5.76 Å². The normalized spacial score (nSPS) is 13.2. The van der Waals surface area contributed by atoms with E-state index in [1.54, 1.807) is 22.3 Å². The van der Waals surface area contributed by atoms with Gasteiger partial charge in [0.15, 0.2) is 5.65 Å². The van der Waals surface area contributed by atoms with Gasteiger partial charge in [-0.15, -0.1) is 11.3 Å². The summed E-state index contributed by atoms with van der Waals surface area (Å²) in [7, 11) is 1.51. The molecule has 5 heterocycles. The maximum absolute atomic E-state index is 13.1. The van der Waals surface area contributed by atoms with Crippen LogP contribution in [-0.4, -0.2) is 37.7 Å². The third-order valence-electron chi connectivity index (χ3n) is 5.34. The minimum atomic E-state index is -0.156. The Balaban J connectivity index is 1.37. The van der Waals surface area contributed by atoms with Crippen molar-refractivity contribution in [3.05, 3.63) is 56.5 Å². The fraction of sp³-hybridized carbons (Fsp3) is 0.300. The number of thiophene rings is 1. The predicted molar refractivity (Wildman–Crippen MR) is 109 cm³/mol. The molecule has 10 heteroatoms. The van der Waals surface area contributed by atoms with Crippen LogP contribution in [-0.2, 0) is 24.3 Å². The fourth-order valence-corrected chi connectivity index (χ4v) is 4.49. The van der Waals surface area contributed by atoms with Gasteiger partial charge in [-0.1, -0.05) is 6.07 Å². The smallest absolute Gasteiger partial charge is 0.278 e. The highest BCUT2D eigenvalue weighted by atomic mass is 32.1. The molecule has 154 valence electrons. The number of rotatable bonds is 5. The first kappa shape index (κ1) is 18.6. The summed E-state index contributed by atoms with van der Waals surface area (Å²) in [4.78, 5) is 33.1. The molecule has 0 spiro atoms. The first-order valence-electron chi connectivity index (χ1n) is 9.49. The van der Waals surface area contributed by atoms with Gasteiger partial charge in [-0.2, -0.15) is 0 Å². The Morgan fingerprint density at radius 2 is 2.27 bits per heavy atom. The predicted octanol–water partition coefficient (Wildman–Crippen LogP) is 2.53. The van der Waals surface area contributed by atoms with E-state index in [-0.39, 0.29) is 24.4 Å². The molecule has 0 fully saturated rings. The number of hydrogen-bond donors (Lipinski definition) is 1. The second-order valence-electron chi connectivity index (χ2n) is 7.18. The summed E-state index contributed by atoms with van der Waals surface area (Å²) in [6, 6.07) is 5.64. The molecule has 1 aliphatic rings. The maximum atomic E-state index is 13.1. The lowest BCUT2D eigenvalue weighted by Gasteiger charge is -2.14. The third kappa shape index (κ3) is 3.00. The number of hydrogen-bond acceptors (Lipinski definition) is 7. The summed E-state index contributed by atoms with van der Waals surface area (Å²) in [5, 5.41) is 8.91. The Morgan fingerprint density at radius 1 is 1.40 bits per heavy atom. The molecule has 4 aromatic heterocycles. The number of carbonyl (C=O) groups is 1. The highest BCUT2D eigenvalue weighted by Crippen LogP contribution is 2.29. The van der Waals surface area contributed by atoms with Crippen molar-refractivity contribution in [3.63, 3.8) is 0 Å². The van der Waals surface area contributed by atoms with Crippen molar-refractivity contribution in [2.24, 2.45) is 0 Å². The van der Waals surface area contributed by atoms with Crippen LogP contribution in [0, 0.1) is 6.92 Å².